The number of nitrogens with one attached hydrogen (secondary N) is 1. The molecular weight excluding hydrogens is 258 g/mol. The molecule has 1 heterocycles. The molecule has 0 aliphatic rings. The molecule has 4 nitrogen and oxygen atoms in total. The van der Waals surface area contributed by atoms with E-state index in [0.29, 0.717) is 0 Å². The highest BCUT2D eigenvalue weighted by atomic mass is 32.1. The SMILES string of the molecule is COc1cccc(CNc2nnc(C(C)(C)C)s2)c1. The molecule has 1 aromatic carbocycles. The van der Waals surface area contributed by atoms with Crippen molar-refractivity contribution in [3.05, 3.63) is 34.8 Å². The molecule has 2 rings (SSSR count). The number of ether oxygens (including phenoxy) is 1. The van der Waals surface area contributed by atoms with Crippen LogP contribution in [0.15, 0.2) is 24.3 Å². The normalized spacial score (nSPS) is 11.4. The van der Waals surface area contributed by atoms with Crippen LogP contribution in [0.4, 0.5) is 5.13 Å². The van der Waals surface area contributed by atoms with Gasteiger partial charge in [-0.05, 0) is 17.7 Å². The Morgan fingerprint density at radius 3 is 2.68 bits per heavy atom. The van der Waals surface area contributed by atoms with Gasteiger partial charge in [-0.1, -0.05) is 44.2 Å². The average Bonchev–Trinajstić information content (AvgIpc) is 2.85. The molecule has 0 aliphatic heterocycles. The molecule has 0 radical (unpaired) electrons. The molecule has 0 atom stereocenters. The molecule has 1 N–H and O–H groups in total. The Bertz CT molecular complexity index is 546. The lowest BCUT2D eigenvalue weighted by molar-refractivity contribution is 0.414. The van der Waals surface area contributed by atoms with Crippen LogP contribution in [0.3, 0.4) is 0 Å². The quantitative estimate of drug-likeness (QED) is 0.929. The molecule has 19 heavy (non-hydrogen) atoms. The fraction of sp³-hybridized carbons (Fsp3) is 0.429. The monoisotopic (exact) mass is 277 g/mol. The number of methoxy groups -OCH3 is 1. The summed E-state index contributed by atoms with van der Waals surface area (Å²) in [4.78, 5) is 0. The van der Waals surface area contributed by atoms with E-state index < -0.39 is 0 Å². The molecule has 0 spiro atoms. The molecule has 0 unspecified atom stereocenters. The zero-order valence-corrected chi connectivity index (χ0v) is 12.5. The van der Waals surface area contributed by atoms with Crippen LogP contribution in [-0.2, 0) is 12.0 Å². The van der Waals surface area contributed by atoms with Gasteiger partial charge in [0.1, 0.15) is 10.8 Å². The van der Waals surface area contributed by atoms with E-state index in [4.69, 9.17) is 4.74 Å². The minimum absolute atomic E-state index is 0.0492. The zero-order valence-electron chi connectivity index (χ0n) is 11.7. The number of aromatic nitrogens is 2. The maximum Gasteiger partial charge on any atom is 0.205 e. The first-order valence-corrected chi connectivity index (χ1v) is 7.01. The molecule has 2 aromatic rings. The summed E-state index contributed by atoms with van der Waals surface area (Å²) >= 11 is 1.60. The van der Waals surface area contributed by atoms with Crippen LogP contribution >= 0.6 is 11.3 Å². The summed E-state index contributed by atoms with van der Waals surface area (Å²) in [6.07, 6.45) is 0. The molecule has 1 aromatic heterocycles. The van der Waals surface area contributed by atoms with Gasteiger partial charge in [-0.3, -0.25) is 0 Å². The minimum Gasteiger partial charge on any atom is -0.497 e. The maximum atomic E-state index is 5.20. The summed E-state index contributed by atoms with van der Waals surface area (Å²) in [6.45, 7) is 7.13. The Kier molecular flexibility index (Phi) is 4.04. The predicted octanol–water partition coefficient (Wildman–Crippen LogP) is 3.46. The minimum atomic E-state index is 0.0492. The third-order valence-corrected chi connectivity index (χ3v) is 3.95. The van der Waals surface area contributed by atoms with Crippen molar-refractivity contribution in [1.29, 1.82) is 0 Å². The fourth-order valence-electron chi connectivity index (χ4n) is 1.56. The summed E-state index contributed by atoms with van der Waals surface area (Å²) in [6, 6.07) is 7.99. The van der Waals surface area contributed by atoms with Crippen LogP contribution in [0.1, 0.15) is 31.3 Å². The van der Waals surface area contributed by atoms with Crippen molar-refractivity contribution in [1.82, 2.24) is 10.2 Å². The lowest BCUT2D eigenvalue weighted by Crippen LogP contribution is -2.10. The topological polar surface area (TPSA) is 47.0 Å². The number of hydrogen-bond donors (Lipinski definition) is 1. The zero-order chi connectivity index (χ0) is 13.9. The Balaban J connectivity index is 2.00. The average molecular weight is 277 g/mol. The summed E-state index contributed by atoms with van der Waals surface area (Å²) in [7, 11) is 1.67. The van der Waals surface area contributed by atoms with Gasteiger partial charge in [0, 0.05) is 12.0 Å². The first-order valence-electron chi connectivity index (χ1n) is 6.20. The van der Waals surface area contributed by atoms with Crippen molar-refractivity contribution in [2.45, 2.75) is 32.7 Å². The van der Waals surface area contributed by atoms with Crippen LogP contribution in [0.25, 0.3) is 0 Å². The van der Waals surface area contributed by atoms with Gasteiger partial charge in [-0.2, -0.15) is 0 Å². The predicted molar refractivity (Wildman–Crippen MR) is 78.9 cm³/mol. The molecule has 0 saturated heterocycles. The van der Waals surface area contributed by atoms with Crippen LogP contribution in [0, 0.1) is 0 Å². The molecule has 5 heteroatoms. The Morgan fingerprint density at radius 2 is 2.05 bits per heavy atom. The fourth-order valence-corrected chi connectivity index (χ4v) is 2.35. The van der Waals surface area contributed by atoms with Crippen molar-refractivity contribution in [2.24, 2.45) is 0 Å². The second kappa shape index (κ2) is 5.57. The molecule has 102 valence electrons. The second-order valence-electron chi connectivity index (χ2n) is 5.37. The molecule has 0 saturated carbocycles. The van der Waals surface area contributed by atoms with Crippen molar-refractivity contribution in [3.63, 3.8) is 0 Å². The largest absolute Gasteiger partial charge is 0.497 e. The first kappa shape index (κ1) is 13.8. The molecule has 0 bridgehead atoms. The third kappa shape index (κ3) is 3.67. The van der Waals surface area contributed by atoms with E-state index in [9.17, 15) is 0 Å². The Morgan fingerprint density at radius 1 is 1.26 bits per heavy atom. The van der Waals surface area contributed by atoms with E-state index in [-0.39, 0.29) is 5.41 Å². The molecular formula is C14H19N3OS. The first-order chi connectivity index (χ1) is 8.99. The third-order valence-electron chi connectivity index (χ3n) is 2.64. The summed E-state index contributed by atoms with van der Waals surface area (Å²) < 4.78 is 5.20. The highest BCUT2D eigenvalue weighted by Crippen LogP contribution is 2.27. The van der Waals surface area contributed by atoms with Gasteiger partial charge < -0.3 is 10.1 Å². The van der Waals surface area contributed by atoms with Gasteiger partial charge in [0.25, 0.3) is 0 Å². The highest BCUT2D eigenvalue weighted by Gasteiger charge is 2.19. The van der Waals surface area contributed by atoms with Crippen molar-refractivity contribution < 1.29 is 4.74 Å². The smallest absolute Gasteiger partial charge is 0.205 e. The summed E-state index contributed by atoms with van der Waals surface area (Å²) in [5.41, 5.74) is 1.21. The van der Waals surface area contributed by atoms with Crippen LogP contribution in [0.2, 0.25) is 0 Å². The maximum absolute atomic E-state index is 5.20. The van der Waals surface area contributed by atoms with Gasteiger partial charge in [-0.15, -0.1) is 10.2 Å². The summed E-state index contributed by atoms with van der Waals surface area (Å²) in [5.74, 6) is 0.868. The van der Waals surface area contributed by atoms with Crippen molar-refractivity contribution in [2.75, 3.05) is 12.4 Å². The van der Waals surface area contributed by atoms with Gasteiger partial charge >= 0.3 is 0 Å². The highest BCUT2D eigenvalue weighted by molar-refractivity contribution is 7.15. The van der Waals surface area contributed by atoms with Crippen LogP contribution < -0.4 is 10.1 Å². The molecule has 0 aliphatic carbocycles. The standard InChI is InChI=1S/C14H19N3OS/c1-14(2,3)12-16-17-13(19-12)15-9-10-6-5-7-11(8-10)18-4/h5-8H,9H2,1-4H3,(H,15,17). The van der Waals surface area contributed by atoms with E-state index >= 15 is 0 Å². The van der Waals surface area contributed by atoms with E-state index in [2.05, 4.69) is 42.4 Å². The van der Waals surface area contributed by atoms with Gasteiger partial charge in [0.2, 0.25) is 5.13 Å². The van der Waals surface area contributed by atoms with Gasteiger partial charge in [0.15, 0.2) is 0 Å². The van der Waals surface area contributed by atoms with E-state index in [1.165, 1.54) is 0 Å². The van der Waals surface area contributed by atoms with E-state index in [0.717, 1.165) is 28.0 Å². The van der Waals surface area contributed by atoms with Crippen molar-refractivity contribution >= 4 is 16.5 Å². The lowest BCUT2D eigenvalue weighted by Gasteiger charge is -2.12. The van der Waals surface area contributed by atoms with Crippen molar-refractivity contribution in [3.8, 4) is 5.75 Å². The number of benzene rings is 1. The second-order valence-corrected chi connectivity index (χ2v) is 6.34. The molecule has 0 amide bonds. The number of anilines is 1. The molecule has 0 fully saturated rings. The van der Waals surface area contributed by atoms with Gasteiger partial charge in [-0.25, -0.2) is 0 Å². The Hall–Kier alpha value is -1.62. The lowest BCUT2D eigenvalue weighted by atomic mass is 9.98. The van der Waals surface area contributed by atoms with Gasteiger partial charge in [0.05, 0.1) is 7.11 Å². The number of rotatable bonds is 4. The Labute approximate surface area is 117 Å². The van der Waals surface area contributed by atoms with Crippen LogP contribution in [-0.4, -0.2) is 17.3 Å². The van der Waals surface area contributed by atoms with Crippen LogP contribution in [0.5, 0.6) is 5.75 Å². The summed E-state index contributed by atoms with van der Waals surface area (Å²) in [5, 5.41) is 13.6. The van der Waals surface area contributed by atoms with E-state index in [1.807, 2.05) is 18.2 Å². The number of nitrogens with zero attached hydrogens (tertiary/aromatic N) is 2. The number of hydrogen-bond acceptors (Lipinski definition) is 5. The van der Waals surface area contributed by atoms with E-state index in [1.54, 1.807) is 18.4 Å².